The van der Waals surface area contributed by atoms with E-state index in [1.165, 1.54) is 25.7 Å². The molecule has 6 heteroatoms. The van der Waals surface area contributed by atoms with Crippen molar-refractivity contribution < 1.29 is 0 Å². The summed E-state index contributed by atoms with van der Waals surface area (Å²) in [7, 11) is 0. The Morgan fingerprint density at radius 1 is 1.22 bits per heavy atom. The van der Waals surface area contributed by atoms with Crippen LogP contribution < -0.4 is 10.6 Å². The number of hydrogen-bond donors (Lipinski definition) is 1. The summed E-state index contributed by atoms with van der Waals surface area (Å²) in [5.74, 6) is 2.41. The third kappa shape index (κ3) is 2.59. The zero-order chi connectivity index (χ0) is 12.5. The van der Waals surface area contributed by atoms with Gasteiger partial charge in [0.15, 0.2) is 0 Å². The highest BCUT2D eigenvalue weighted by Crippen LogP contribution is 2.31. The molecule has 0 radical (unpaired) electrons. The lowest BCUT2D eigenvalue weighted by Gasteiger charge is -2.35. The van der Waals surface area contributed by atoms with Crippen LogP contribution in [0, 0.1) is 5.92 Å². The van der Waals surface area contributed by atoms with Crippen molar-refractivity contribution in [3.8, 4) is 0 Å². The van der Waals surface area contributed by atoms with Gasteiger partial charge in [-0.2, -0.15) is 0 Å². The molecule has 2 N–H and O–H groups in total. The number of nitrogen functional groups attached to an aromatic ring is 1. The van der Waals surface area contributed by atoms with Crippen LogP contribution in [0.15, 0.2) is 10.8 Å². The van der Waals surface area contributed by atoms with E-state index >= 15 is 0 Å². The van der Waals surface area contributed by atoms with Crippen LogP contribution in [0.2, 0.25) is 0 Å². The summed E-state index contributed by atoms with van der Waals surface area (Å²) in [6.07, 6.45) is 4.38. The number of halogens is 1. The molecule has 2 aliphatic rings. The lowest BCUT2D eigenvalue weighted by molar-refractivity contribution is 0.247. The number of nitrogens with zero attached hydrogens (tertiary/aromatic N) is 4. The van der Waals surface area contributed by atoms with Gasteiger partial charge in [0.05, 0.1) is 0 Å². The lowest BCUT2D eigenvalue weighted by Crippen LogP contribution is -2.47. The van der Waals surface area contributed by atoms with E-state index in [1.54, 1.807) is 0 Å². The molecule has 0 unspecified atom stereocenters. The fraction of sp³-hybridized carbons (Fsp3) is 0.667. The molecule has 2 heterocycles. The van der Waals surface area contributed by atoms with Gasteiger partial charge < -0.3 is 10.6 Å². The van der Waals surface area contributed by atoms with Crippen molar-refractivity contribution in [1.82, 2.24) is 14.9 Å². The normalized spacial score (nSPS) is 21.3. The Morgan fingerprint density at radius 2 is 1.94 bits per heavy atom. The number of aromatic nitrogens is 2. The number of nitrogens with two attached hydrogens (primary N) is 1. The van der Waals surface area contributed by atoms with E-state index in [2.05, 4.69) is 35.7 Å². The van der Waals surface area contributed by atoms with Crippen molar-refractivity contribution in [2.75, 3.05) is 43.4 Å². The molecule has 98 valence electrons. The Balaban J connectivity index is 1.62. The third-order valence-corrected chi connectivity index (χ3v) is 4.44. The molecule has 0 aromatic carbocycles. The topological polar surface area (TPSA) is 58.3 Å². The first-order valence-electron chi connectivity index (χ1n) is 6.47. The number of hydrogen-bond acceptors (Lipinski definition) is 5. The van der Waals surface area contributed by atoms with Crippen LogP contribution in [0.1, 0.15) is 12.8 Å². The van der Waals surface area contributed by atoms with E-state index in [0.29, 0.717) is 5.82 Å². The predicted octanol–water partition coefficient (Wildman–Crippen LogP) is 1.35. The van der Waals surface area contributed by atoms with Crippen molar-refractivity contribution in [1.29, 1.82) is 0 Å². The molecule has 0 atom stereocenters. The van der Waals surface area contributed by atoms with Gasteiger partial charge in [0, 0.05) is 32.7 Å². The minimum Gasteiger partial charge on any atom is -0.383 e. The molecule has 0 bridgehead atoms. The Kier molecular flexibility index (Phi) is 3.39. The van der Waals surface area contributed by atoms with E-state index in [1.807, 2.05) is 0 Å². The molecule has 1 aromatic heterocycles. The van der Waals surface area contributed by atoms with Crippen molar-refractivity contribution >= 4 is 27.6 Å². The average molecular weight is 312 g/mol. The second-order valence-electron chi connectivity index (χ2n) is 5.13. The summed E-state index contributed by atoms with van der Waals surface area (Å²) in [4.78, 5) is 13.2. The van der Waals surface area contributed by atoms with E-state index in [4.69, 9.17) is 5.73 Å². The molecular weight excluding hydrogens is 294 g/mol. The maximum atomic E-state index is 5.79. The van der Waals surface area contributed by atoms with Gasteiger partial charge in [0.1, 0.15) is 22.4 Å². The summed E-state index contributed by atoms with van der Waals surface area (Å²) >= 11 is 3.48. The summed E-state index contributed by atoms with van der Waals surface area (Å²) in [6.45, 7) is 5.55. The molecule has 2 fully saturated rings. The fourth-order valence-electron chi connectivity index (χ4n) is 2.40. The van der Waals surface area contributed by atoms with Crippen LogP contribution in [0.3, 0.4) is 0 Å². The molecule has 1 saturated heterocycles. The predicted molar refractivity (Wildman–Crippen MR) is 75.5 cm³/mol. The third-order valence-electron chi connectivity index (χ3n) is 3.68. The second-order valence-corrected chi connectivity index (χ2v) is 5.92. The lowest BCUT2D eigenvalue weighted by atomic mass is 10.3. The fourth-order valence-corrected chi connectivity index (χ4v) is 2.86. The van der Waals surface area contributed by atoms with Gasteiger partial charge in [0.25, 0.3) is 0 Å². The highest BCUT2D eigenvalue weighted by Gasteiger charge is 2.27. The van der Waals surface area contributed by atoms with Gasteiger partial charge >= 0.3 is 0 Å². The number of anilines is 2. The van der Waals surface area contributed by atoms with E-state index < -0.39 is 0 Å². The van der Waals surface area contributed by atoms with Gasteiger partial charge in [-0.3, -0.25) is 4.90 Å². The smallest absolute Gasteiger partial charge is 0.148 e. The molecule has 0 spiro atoms. The highest BCUT2D eigenvalue weighted by atomic mass is 79.9. The van der Waals surface area contributed by atoms with Gasteiger partial charge in [-0.1, -0.05) is 0 Å². The van der Waals surface area contributed by atoms with Crippen LogP contribution in [0.4, 0.5) is 11.6 Å². The molecule has 3 rings (SSSR count). The van der Waals surface area contributed by atoms with Crippen LogP contribution in [0.5, 0.6) is 0 Å². The van der Waals surface area contributed by atoms with Crippen molar-refractivity contribution in [3.63, 3.8) is 0 Å². The molecule has 1 aromatic rings. The zero-order valence-corrected chi connectivity index (χ0v) is 11.9. The first-order chi connectivity index (χ1) is 8.74. The number of piperazine rings is 1. The van der Waals surface area contributed by atoms with Crippen LogP contribution in [-0.4, -0.2) is 47.6 Å². The molecular formula is C12H18BrN5. The largest absolute Gasteiger partial charge is 0.383 e. The van der Waals surface area contributed by atoms with E-state index in [9.17, 15) is 0 Å². The minimum atomic E-state index is 0.514. The quantitative estimate of drug-likeness (QED) is 0.913. The van der Waals surface area contributed by atoms with Crippen molar-refractivity contribution in [3.05, 3.63) is 10.8 Å². The molecule has 18 heavy (non-hydrogen) atoms. The van der Waals surface area contributed by atoms with Crippen molar-refractivity contribution in [2.24, 2.45) is 5.92 Å². The summed E-state index contributed by atoms with van der Waals surface area (Å²) in [5, 5.41) is 0. The van der Waals surface area contributed by atoms with Crippen LogP contribution in [0.25, 0.3) is 0 Å². The Labute approximate surface area is 116 Å². The maximum absolute atomic E-state index is 5.79. The Morgan fingerprint density at radius 3 is 2.61 bits per heavy atom. The van der Waals surface area contributed by atoms with Gasteiger partial charge in [-0.25, -0.2) is 9.97 Å². The monoisotopic (exact) mass is 311 g/mol. The summed E-state index contributed by atoms with van der Waals surface area (Å²) in [5.41, 5.74) is 5.79. The minimum absolute atomic E-state index is 0.514. The van der Waals surface area contributed by atoms with Crippen molar-refractivity contribution in [2.45, 2.75) is 12.8 Å². The standard InChI is InChI=1S/C12H18BrN5/c13-10-11(14)15-8-16-12(10)18-5-3-17(4-6-18)7-9-1-2-9/h8-9H,1-7H2,(H2,14,15,16). The SMILES string of the molecule is Nc1ncnc(N2CCN(CC3CC3)CC2)c1Br. The zero-order valence-electron chi connectivity index (χ0n) is 10.3. The summed E-state index contributed by atoms with van der Waals surface area (Å²) < 4.78 is 0.820. The maximum Gasteiger partial charge on any atom is 0.148 e. The molecule has 1 aliphatic carbocycles. The van der Waals surface area contributed by atoms with E-state index in [0.717, 1.165) is 42.4 Å². The molecule has 1 aliphatic heterocycles. The van der Waals surface area contributed by atoms with Crippen LogP contribution >= 0.6 is 15.9 Å². The van der Waals surface area contributed by atoms with Gasteiger partial charge in [0.2, 0.25) is 0 Å². The first kappa shape index (κ1) is 12.2. The Hall–Kier alpha value is -0.880. The molecule has 1 saturated carbocycles. The van der Waals surface area contributed by atoms with Gasteiger partial charge in [-0.15, -0.1) is 0 Å². The summed E-state index contributed by atoms with van der Waals surface area (Å²) in [6, 6.07) is 0. The van der Waals surface area contributed by atoms with Crippen LogP contribution in [-0.2, 0) is 0 Å². The molecule has 5 nitrogen and oxygen atoms in total. The van der Waals surface area contributed by atoms with Gasteiger partial charge in [-0.05, 0) is 34.7 Å². The second kappa shape index (κ2) is 5.01. The Bertz CT molecular complexity index is 426. The average Bonchev–Trinajstić information content (AvgIpc) is 3.18. The molecule has 0 amide bonds. The first-order valence-corrected chi connectivity index (χ1v) is 7.26. The highest BCUT2D eigenvalue weighted by molar-refractivity contribution is 9.10. The number of rotatable bonds is 3. The van der Waals surface area contributed by atoms with E-state index in [-0.39, 0.29) is 0 Å².